The summed E-state index contributed by atoms with van der Waals surface area (Å²) in [5, 5.41) is 4.54. The molecule has 0 saturated carbocycles. The number of carbonyl (C=O) groups excluding carboxylic acids is 1. The molecule has 0 spiro atoms. The number of hydrogen-bond acceptors (Lipinski definition) is 2. The van der Waals surface area contributed by atoms with Crippen molar-refractivity contribution in [2.75, 3.05) is 26.7 Å². The van der Waals surface area contributed by atoms with E-state index >= 15 is 0 Å². The number of hydrogen-bond donors (Lipinski definition) is 2. The van der Waals surface area contributed by atoms with Crippen LogP contribution in [0.1, 0.15) is 37.1 Å². The van der Waals surface area contributed by atoms with Crippen LogP contribution in [0.5, 0.6) is 0 Å². The van der Waals surface area contributed by atoms with E-state index in [1.54, 1.807) is 0 Å². The van der Waals surface area contributed by atoms with Gasteiger partial charge in [0.05, 0.1) is 6.04 Å². The maximum absolute atomic E-state index is 12.8. The van der Waals surface area contributed by atoms with Crippen molar-refractivity contribution in [1.29, 1.82) is 0 Å². The minimum atomic E-state index is 0.0760. The molecular weight excluding hydrogens is 300 g/mol. The lowest BCUT2D eigenvalue weighted by atomic mass is 9.98. The molecule has 1 saturated heterocycles. The minimum Gasteiger partial charge on any atom is -0.356 e. The Morgan fingerprint density at radius 3 is 2.96 bits per heavy atom. The average Bonchev–Trinajstić information content (AvgIpc) is 2.95. The van der Waals surface area contributed by atoms with E-state index in [-0.39, 0.29) is 18.1 Å². The van der Waals surface area contributed by atoms with E-state index in [1.807, 2.05) is 4.90 Å². The van der Waals surface area contributed by atoms with E-state index in [0.29, 0.717) is 0 Å². The second-order valence-electron chi connectivity index (χ2n) is 7.23. The van der Waals surface area contributed by atoms with Crippen molar-refractivity contribution in [3.63, 3.8) is 0 Å². The zero-order chi connectivity index (χ0) is 16.7. The number of aromatic nitrogens is 1. The quantitative estimate of drug-likeness (QED) is 0.846. The molecule has 0 aliphatic carbocycles. The number of likely N-dealkylation sites (tertiary alicyclic amines) is 1. The summed E-state index contributed by atoms with van der Waals surface area (Å²) >= 11 is 0. The zero-order valence-electron chi connectivity index (χ0n) is 14.5. The highest BCUT2D eigenvalue weighted by Crippen LogP contribution is 2.34. The first kappa shape index (κ1) is 15.5. The molecule has 1 aromatic heterocycles. The van der Waals surface area contributed by atoms with Gasteiger partial charge >= 0.3 is 6.03 Å². The zero-order valence-corrected chi connectivity index (χ0v) is 14.5. The van der Waals surface area contributed by atoms with Gasteiger partial charge in [0.25, 0.3) is 0 Å². The molecule has 5 nitrogen and oxygen atoms in total. The maximum atomic E-state index is 12.8. The average molecular weight is 326 g/mol. The fraction of sp³-hybridized carbons (Fsp3) is 0.526. The monoisotopic (exact) mass is 326 g/mol. The van der Waals surface area contributed by atoms with E-state index in [2.05, 4.69) is 53.4 Å². The van der Waals surface area contributed by atoms with E-state index < -0.39 is 0 Å². The Kier molecular flexibility index (Phi) is 3.96. The Balaban J connectivity index is 1.52. The number of benzene rings is 1. The molecule has 0 radical (unpaired) electrons. The summed E-state index contributed by atoms with van der Waals surface area (Å²) in [4.78, 5) is 20.6. The summed E-state index contributed by atoms with van der Waals surface area (Å²) in [6.45, 7) is 4.99. The molecule has 1 fully saturated rings. The number of aromatic amines is 1. The van der Waals surface area contributed by atoms with Crippen LogP contribution in [0, 0.1) is 0 Å². The number of nitrogens with one attached hydrogen (secondary N) is 2. The molecule has 0 unspecified atom stereocenters. The van der Waals surface area contributed by atoms with Gasteiger partial charge in [-0.1, -0.05) is 18.2 Å². The highest BCUT2D eigenvalue weighted by Gasteiger charge is 2.31. The molecular formula is C19H26N4O. The molecule has 3 heterocycles. The fourth-order valence-corrected chi connectivity index (χ4v) is 4.25. The van der Waals surface area contributed by atoms with Gasteiger partial charge in [-0.2, -0.15) is 0 Å². The van der Waals surface area contributed by atoms with E-state index in [9.17, 15) is 4.79 Å². The number of likely N-dealkylation sites (N-methyl/N-ethyl adjacent to an activating group) is 1. The van der Waals surface area contributed by atoms with Crippen molar-refractivity contribution < 1.29 is 4.79 Å². The second kappa shape index (κ2) is 6.13. The molecule has 4 rings (SSSR count). The summed E-state index contributed by atoms with van der Waals surface area (Å²) in [6.07, 6.45) is 3.15. The Labute approximate surface area is 143 Å². The molecule has 24 heavy (non-hydrogen) atoms. The van der Waals surface area contributed by atoms with Gasteiger partial charge in [0.15, 0.2) is 0 Å². The van der Waals surface area contributed by atoms with E-state index in [4.69, 9.17) is 0 Å². The summed E-state index contributed by atoms with van der Waals surface area (Å²) in [7, 11) is 2.12. The number of fused-ring (bicyclic) bond motifs is 3. The third-order valence-corrected chi connectivity index (χ3v) is 5.55. The normalized spacial score (nSPS) is 24.8. The molecule has 2 amide bonds. The molecule has 2 N–H and O–H groups in total. The number of carbonyl (C=O) groups is 1. The lowest BCUT2D eigenvalue weighted by molar-refractivity contribution is 0.159. The van der Waals surface area contributed by atoms with Crippen molar-refractivity contribution in [1.82, 2.24) is 20.1 Å². The molecule has 2 aliphatic heterocycles. The maximum Gasteiger partial charge on any atom is 0.318 e. The van der Waals surface area contributed by atoms with Crippen LogP contribution >= 0.6 is 0 Å². The van der Waals surface area contributed by atoms with Crippen LogP contribution in [0.25, 0.3) is 10.9 Å². The summed E-state index contributed by atoms with van der Waals surface area (Å²) < 4.78 is 0. The van der Waals surface area contributed by atoms with Crippen LogP contribution in [-0.2, 0) is 6.42 Å². The van der Waals surface area contributed by atoms with E-state index in [1.165, 1.54) is 22.2 Å². The SMILES string of the molecule is C[C@H]1c2[nH]c3ccccc3c2CCN1C(=O)N[C@@H]1CCCN(C)C1. The van der Waals surface area contributed by atoms with Gasteiger partial charge in [-0.3, -0.25) is 0 Å². The lowest BCUT2D eigenvalue weighted by Gasteiger charge is -2.36. The highest BCUT2D eigenvalue weighted by atomic mass is 16.2. The van der Waals surface area contributed by atoms with Gasteiger partial charge in [-0.25, -0.2) is 4.79 Å². The Morgan fingerprint density at radius 2 is 2.12 bits per heavy atom. The minimum absolute atomic E-state index is 0.0760. The number of amides is 2. The van der Waals surface area contributed by atoms with Gasteiger partial charge in [-0.05, 0) is 51.4 Å². The highest BCUT2D eigenvalue weighted by molar-refractivity contribution is 5.86. The molecule has 2 atom stereocenters. The number of piperidine rings is 1. The molecule has 2 aliphatic rings. The van der Waals surface area contributed by atoms with Crippen molar-refractivity contribution >= 4 is 16.9 Å². The smallest absolute Gasteiger partial charge is 0.318 e. The summed E-state index contributed by atoms with van der Waals surface area (Å²) in [5.74, 6) is 0. The molecule has 2 aromatic rings. The summed E-state index contributed by atoms with van der Waals surface area (Å²) in [6, 6.07) is 8.86. The lowest BCUT2D eigenvalue weighted by Crippen LogP contribution is -2.52. The predicted octanol–water partition coefficient (Wildman–Crippen LogP) is 2.89. The summed E-state index contributed by atoms with van der Waals surface area (Å²) in [5.41, 5.74) is 3.74. The van der Waals surface area contributed by atoms with Crippen LogP contribution in [0.4, 0.5) is 4.79 Å². The Bertz CT molecular complexity index is 753. The van der Waals surface area contributed by atoms with Crippen LogP contribution in [-0.4, -0.2) is 53.5 Å². The largest absolute Gasteiger partial charge is 0.356 e. The third-order valence-electron chi connectivity index (χ3n) is 5.55. The van der Waals surface area contributed by atoms with Crippen LogP contribution < -0.4 is 5.32 Å². The topological polar surface area (TPSA) is 51.4 Å². The van der Waals surface area contributed by atoms with Gasteiger partial charge < -0.3 is 20.1 Å². The van der Waals surface area contributed by atoms with Gasteiger partial charge in [0.2, 0.25) is 0 Å². The van der Waals surface area contributed by atoms with Crippen molar-refractivity contribution in [2.45, 2.75) is 38.3 Å². The molecule has 128 valence electrons. The first-order valence-electron chi connectivity index (χ1n) is 8.98. The Hall–Kier alpha value is -2.01. The molecule has 1 aromatic carbocycles. The Morgan fingerprint density at radius 1 is 1.29 bits per heavy atom. The molecule has 0 bridgehead atoms. The number of para-hydroxylation sites is 1. The van der Waals surface area contributed by atoms with E-state index in [0.717, 1.165) is 38.9 Å². The fourth-order valence-electron chi connectivity index (χ4n) is 4.25. The first-order chi connectivity index (χ1) is 11.6. The molecule has 5 heteroatoms. The van der Waals surface area contributed by atoms with Crippen molar-refractivity contribution in [3.8, 4) is 0 Å². The van der Waals surface area contributed by atoms with Gasteiger partial charge in [0, 0.05) is 35.7 Å². The number of rotatable bonds is 1. The first-order valence-corrected chi connectivity index (χ1v) is 8.98. The standard InChI is InChI=1S/C19H26N4O/c1-13-18-16(15-7-3-4-8-17(15)21-18)9-11-23(13)19(24)20-14-6-5-10-22(2)12-14/h3-4,7-8,13-14,21H,5-6,9-12H2,1-2H3,(H,20,24)/t13-,14+/m0/s1. The number of H-pyrrole nitrogens is 1. The predicted molar refractivity (Wildman–Crippen MR) is 96.2 cm³/mol. The van der Waals surface area contributed by atoms with Crippen LogP contribution in [0.3, 0.4) is 0 Å². The second-order valence-corrected chi connectivity index (χ2v) is 7.23. The van der Waals surface area contributed by atoms with Crippen molar-refractivity contribution in [3.05, 3.63) is 35.5 Å². The van der Waals surface area contributed by atoms with Crippen molar-refractivity contribution in [2.24, 2.45) is 0 Å². The van der Waals surface area contributed by atoms with Crippen LogP contribution in [0.15, 0.2) is 24.3 Å². The van der Waals surface area contributed by atoms with Gasteiger partial charge in [-0.15, -0.1) is 0 Å². The van der Waals surface area contributed by atoms with Gasteiger partial charge in [0.1, 0.15) is 0 Å². The number of urea groups is 1. The third kappa shape index (κ3) is 2.67. The number of nitrogens with zero attached hydrogens (tertiary/aromatic N) is 2. The van der Waals surface area contributed by atoms with Crippen LogP contribution in [0.2, 0.25) is 0 Å².